The predicted octanol–water partition coefficient (Wildman–Crippen LogP) is 1.39. The summed E-state index contributed by atoms with van der Waals surface area (Å²) < 4.78 is 0. The van der Waals surface area contributed by atoms with Crippen molar-refractivity contribution in [2.24, 2.45) is 0 Å². The van der Waals surface area contributed by atoms with Crippen LogP contribution in [-0.2, 0) is 21.7 Å². The molecule has 0 spiro atoms. The molecule has 0 rings (SSSR count). The number of hydrogen-bond acceptors (Lipinski definition) is 0. The number of rotatable bonds is 0. The third-order valence-corrected chi connectivity index (χ3v) is 0.236. The molecule has 0 fully saturated rings. The van der Waals surface area contributed by atoms with Crippen LogP contribution in [0.15, 0.2) is 12.2 Å². The van der Waals surface area contributed by atoms with Crippen LogP contribution < -0.4 is 0 Å². The van der Waals surface area contributed by atoms with Crippen LogP contribution in [0.1, 0.15) is 6.92 Å². The van der Waals surface area contributed by atoms with Crippen molar-refractivity contribution < 1.29 is 21.7 Å². The van der Waals surface area contributed by atoms with E-state index >= 15 is 0 Å². The van der Waals surface area contributed by atoms with Crippen LogP contribution in [0.3, 0.4) is 0 Å². The van der Waals surface area contributed by atoms with E-state index in [1.165, 1.54) is 0 Å². The van der Waals surface area contributed by atoms with Gasteiger partial charge in [0, 0.05) is 21.7 Å². The topological polar surface area (TPSA) is 0 Å². The summed E-state index contributed by atoms with van der Waals surface area (Å²) >= 11 is 0. The fraction of sp³-hybridized carbons (Fsp3) is 0.250. The summed E-state index contributed by atoms with van der Waals surface area (Å²) in [5, 5.41) is 0. The third-order valence-electron chi connectivity index (χ3n) is 0.236. The van der Waals surface area contributed by atoms with Gasteiger partial charge in [0.15, 0.2) is 0 Å². The van der Waals surface area contributed by atoms with Crippen molar-refractivity contribution in [1.82, 2.24) is 0 Å². The molecule has 0 N–H and O–H groups in total. The van der Waals surface area contributed by atoms with Gasteiger partial charge in [-0.15, -0.1) is 6.92 Å². The van der Waals surface area contributed by atoms with E-state index in [4.69, 9.17) is 0 Å². The van der Waals surface area contributed by atoms with Crippen LogP contribution in [0, 0.1) is 6.92 Å². The van der Waals surface area contributed by atoms with Crippen LogP contribution in [0.4, 0.5) is 0 Å². The van der Waals surface area contributed by atoms with Gasteiger partial charge in [0.05, 0.1) is 0 Å². The maximum absolute atomic E-state index is 3.42. The van der Waals surface area contributed by atoms with Crippen molar-refractivity contribution in [2.75, 3.05) is 0 Å². The van der Waals surface area contributed by atoms with Gasteiger partial charge in [-0.2, -0.15) is 0 Å². The molecule has 1 heteroatoms. The average molecular weight is 103 g/mol. The van der Waals surface area contributed by atoms with Crippen LogP contribution in [0.5, 0.6) is 0 Å². The van der Waals surface area contributed by atoms with E-state index < -0.39 is 0 Å². The average Bonchev–Trinajstić information content (AvgIpc) is 1.37. The largest absolute Gasteiger partial charge is 0.245 e. The summed E-state index contributed by atoms with van der Waals surface area (Å²) in [7, 11) is 0. The van der Waals surface area contributed by atoms with Gasteiger partial charge in [0.1, 0.15) is 0 Å². The first-order valence-corrected chi connectivity index (χ1v) is 1.32. The van der Waals surface area contributed by atoms with Gasteiger partial charge < -0.3 is 0 Å². The molecule has 0 unspecified atom stereocenters. The summed E-state index contributed by atoms with van der Waals surface area (Å²) in [6.45, 7) is 5.36. The zero-order chi connectivity index (χ0) is 3.41. The second kappa shape index (κ2) is 8.85. The molecule has 0 atom stereocenters. The first kappa shape index (κ1) is 9.01. The summed E-state index contributed by atoms with van der Waals surface area (Å²) in [4.78, 5) is 0. The second-order valence-corrected chi connectivity index (χ2v) is 0.569. The van der Waals surface area contributed by atoms with Gasteiger partial charge in [-0.1, -0.05) is 0 Å². The Morgan fingerprint density at radius 3 is 1.80 bits per heavy atom. The summed E-state index contributed by atoms with van der Waals surface area (Å²) in [5.41, 5.74) is 0. The van der Waals surface area contributed by atoms with Crippen molar-refractivity contribution in [3.63, 3.8) is 0 Å². The predicted molar refractivity (Wildman–Crippen MR) is 20.2 cm³/mol. The van der Waals surface area contributed by atoms with Gasteiger partial charge in [0.25, 0.3) is 0 Å². The van der Waals surface area contributed by atoms with Crippen molar-refractivity contribution >= 4 is 0 Å². The molecule has 0 heterocycles. The van der Waals surface area contributed by atoms with E-state index in [0.29, 0.717) is 0 Å². The molecule has 28 valence electrons. The first-order valence-electron chi connectivity index (χ1n) is 1.32. The minimum Gasteiger partial charge on any atom is -0.245 e. The first-order chi connectivity index (χ1) is 1.91. The van der Waals surface area contributed by atoms with E-state index in [1.807, 2.05) is 13.0 Å². The van der Waals surface area contributed by atoms with Crippen LogP contribution in [0.2, 0.25) is 0 Å². The molecular formula is C4H7Ti-. The quantitative estimate of drug-likeness (QED) is 0.321. The van der Waals surface area contributed by atoms with Crippen molar-refractivity contribution in [3.8, 4) is 0 Å². The van der Waals surface area contributed by atoms with Crippen LogP contribution >= 0.6 is 0 Å². The van der Waals surface area contributed by atoms with Gasteiger partial charge in [-0.25, -0.2) is 19.1 Å². The van der Waals surface area contributed by atoms with E-state index in [9.17, 15) is 0 Å². The van der Waals surface area contributed by atoms with Crippen molar-refractivity contribution in [3.05, 3.63) is 19.1 Å². The standard InChI is InChI=1S/C4H7.Ti/c1-3-4-2;/h3-4H,1H2,2H3;/q-1;. The normalized spacial score (nSPS) is 7.40. The molecule has 0 bridgehead atoms. The molecular weight excluding hydrogens is 95.9 g/mol. The summed E-state index contributed by atoms with van der Waals surface area (Å²) in [6, 6.07) is 0. The Kier molecular flexibility index (Phi) is 15.9. The Labute approximate surface area is 48.2 Å². The Bertz CT molecular complexity index is 18.8. The second-order valence-electron chi connectivity index (χ2n) is 0.569. The molecule has 0 nitrogen and oxygen atoms in total. The van der Waals surface area contributed by atoms with E-state index in [1.54, 1.807) is 6.08 Å². The van der Waals surface area contributed by atoms with Gasteiger partial charge in [-0.3, -0.25) is 0 Å². The molecule has 0 aliphatic carbocycles. The molecule has 0 aromatic heterocycles. The van der Waals surface area contributed by atoms with Crippen LogP contribution in [-0.4, -0.2) is 0 Å². The minimum absolute atomic E-state index is 0. The minimum atomic E-state index is 0. The molecule has 0 saturated heterocycles. The smallest absolute Gasteiger partial charge is 0 e. The number of hydrogen-bond donors (Lipinski definition) is 0. The van der Waals surface area contributed by atoms with Gasteiger partial charge in [0.2, 0.25) is 0 Å². The van der Waals surface area contributed by atoms with Gasteiger partial charge in [-0.05, 0) is 0 Å². The molecule has 0 aromatic rings. The fourth-order valence-corrected chi connectivity index (χ4v) is 0. The Morgan fingerprint density at radius 2 is 1.80 bits per heavy atom. The maximum atomic E-state index is 3.42. The molecule has 0 amide bonds. The van der Waals surface area contributed by atoms with Crippen LogP contribution in [0.25, 0.3) is 0 Å². The zero-order valence-corrected chi connectivity index (χ0v) is 4.92. The van der Waals surface area contributed by atoms with E-state index in [-0.39, 0.29) is 21.7 Å². The number of allylic oxidation sites excluding steroid dienone is 2. The van der Waals surface area contributed by atoms with Gasteiger partial charge >= 0.3 is 0 Å². The molecule has 0 aliphatic heterocycles. The fourth-order valence-electron chi connectivity index (χ4n) is 0. The van der Waals surface area contributed by atoms with E-state index in [2.05, 4.69) is 6.92 Å². The Balaban J connectivity index is 0. The summed E-state index contributed by atoms with van der Waals surface area (Å²) in [6.07, 6.45) is 3.64. The SMILES string of the molecule is [CH2-]C=CC.[Ti]. The summed E-state index contributed by atoms with van der Waals surface area (Å²) in [5.74, 6) is 0. The molecule has 0 saturated carbocycles. The molecule has 0 radical (unpaired) electrons. The van der Waals surface area contributed by atoms with Crippen molar-refractivity contribution in [2.45, 2.75) is 6.92 Å². The Morgan fingerprint density at radius 1 is 1.60 bits per heavy atom. The molecule has 0 aromatic carbocycles. The third kappa shape index (κ3) is 13.3. The monoisotopic (exact) mass is 103 g/mol. The van der Waals surface area contributed by atoms with E-state index in [0.717, 1.165) is 0 Å². The zero-order valence-electron chi connectivity index (χ0n) is 3.36. The maximum Gasteiger partial charge on any atom is 0 e. The molecule has 0 aliphatic rings. The van der Waals surface area contributed by atoms with Crippen molar-refractivity contribution in [1.29, 1.82) is 0 Å². The Hall–Kier alpha value is 0.324. The molecule has 5 heavy (non-hydrogen) atoms.